The molecule has 0 spiro atoms. The van der Waals surface area contributed by atoms with Crippen LogP contribution in [0.5, 0.6) is 5.75 Å². The number of ether oxygens (including phenoxy) is 1. The van der Waals surface area contributed by atoms with Gasteiger partial charge in [-0.2, -0.15) is 4.98 Å². The van der Waals surface area contributed by atoms with Gasteiger partial charge in [0.15, 0.2) is 12.0 Å². The molecule has 5 rings (SSSR count). The molecule has 0 bridgehead atoms. The Morgan fingerprint density at radius 3 is 2.84 bits per heavy atom. The molecule has 0 aliphatic heterocycles. The second-order valence-electron chi connectivity index (χ2n) is 5.71. The van der Waals surface area contributed by atoms with Crippen molar-refractivity contribution < 1.29 is 9.26 Å². The van der Waals surface area contributed by atoms with E-state index in [-0.39, 0.29) is 12.0 Å². The van der Waals surface area contributed by atoms with Crippen molar-refractivity contribution in [1.82, 2.24) is 14.5 Å². The molecule has 0 amide bonds. The summed E-state index contributed by atoms with van der Waals surface area (Å²) in [7, 11) is 0. The van der Waals surface area contributed by atoms with Crippen LogP contribution in [0.4, 0.5) is 0 Å². The van der Waals surface area contributed by atoms with Crippen LogP contribution in [0.15, 0.2) is 62.8 Å². The fourth-order valence-corrected chi connectivity index (χ4v) is 3.55. The molecule has 122 valence electrons. The maximum absolute atomic E-state index is 12.4. The van der Waals surface area contributed by atoms with E-state index in [1.54, 1.807) is 12.1 Å². The molecule has 0 radical (unpaired) electrons. The Hall–Kier alpha value is -2.93. The quantitative estimate of drug-likeness (QED) is 0.465. The molecule has 0 unspecified atom stereocenters. The number of hydrogen-bond donors (Lipinski definition) is 0. The van der Waals surface area contributed by atoms with Crippen LogP contribution in [-0.4, -0.2) is 14.5 Å². The van der Waals surface area contributed by atoms with Gasteiger partial charge in [-0.15, -0.1) is 0 Å². The van der Waals surface area contributed by atoms with E-state index in [0.29, 0.717) is 17.0 Å². The SMILES string of the molecule is O=c1ccn2c3ccc(Br)cc3c3cc(OCc4ncon4)cc1c32. The number of benzene rings is 2. The zero-order valence-electron chi connectivity index (χ0n) is 12.8. The summed E-state index contributed by atoms with van der Waals surface area (Å²) in [5.41, 5.74) is 1.90. The number of hydrogen-bond acceptors (Lipinski definition) is 5. The average molecular weight is 396 g/mol. The highest BCUT2D eigenvalue weighted by molar-refractivity contribution is 9.10. The van der Waals surface area contributed by atoms with Crippen molar-refractivity contribution in [1.29, 1.82) is 0 Å². The Morgan fingerprint density at radius 2 is 2.00 bits per heavy atom. The van der Waals surface area contributed by atoms with Crippen molar-refractivity contribution in [3.63, 3.8) is 0 Å². The monoisotopic (exact) mass is 395 g/mol. The highest BCUT2D eigenvalue weighted by Crippen LogP contribution is 2.35. The summed E-state index contributed by atoms with van der Waals surface area (Å²) < 4.78 is 13.5. The van der Waals surface area contributed by atoms with E-state index in [9.17, 15) is 4.79 Å². The first-order chi connectivity index (χ1) is 12.2. The number of nitrogens with zero attached hydrogens (tertiary/aromatic N) is 3. The summed E-state index contributed by atoms with van der Waals surface area (Å²) in [5.74, 6) is 1.04. The number of fused-ring (bicyclic) bond motifs is 3. The molecule has 0 saturated carbocycles. The molecule has 0 aliphatic carbocycles. The highest BCUT2D eigenvalue weighted by atomic mass is 79.9. The maximum atomic E-state index is 12.4. The summed E-state index contributed by atoms with van der Waals surface area (Å²) >= 11 is 3.52. The normalized spacial score (nSPS) is 11.7. The van der Waals surface area contributed by atoms with Crippen molar-refractivity contribution in [3.05, 3.63) is 69.5 Å². The second kappa shape index (κ2) is 5.29. The molecule has 3 heterocycles. The first-order valence-corrected chi connectivity index (χ1v) is 8.38. The number of aromatic nitrogens is 3. The van der Waals surface area contributed by atoms with Crippen LogP contribution in [0, 0.1) is 0 Å². The van der Waals surface area contributed by atoms with E-state index in [2.05, 4.69) is 26.1 Å². The standard InChI is InChI=1S/C18H10BrN3O3/c19-10-1-2-15-12(5-10)13-6-11(24-8-17-20-9-25-21-17)7-14-16(23)3-4-22(15)18(13)14/h1-7,9H,8H2. The zero-order valence-corrected chi connectivity index (χ0v) is 14.4. The molecule has 0 fully saturated rings. The van der Waals surface area contributed by atoms with Crippen LogP contribution in [0.1, 0.15) is 5.82 Å². The molecule has 5 aromatic rings. The summed E-state index contributed by atoms with van der Waals surface area (Å²) in [6.45, 7) is 0.174. The van der Waals surface area contributed by atoms with Gasteiger partial charge >= 0.3 is 0 Å². The molecule has 0 atom stereocenters. The van der Waals surface area contributed by atoms with Crippen LogP contribution in [0.2, 0.25) is 0 Å². The van der Waals surface area contributed by atoms with Crippen molar-refractivity contribution in [3.8, 4) is 5.75 Å². The summed E-state index contributed by atoms with van der Waals surface area (Å²) in [5, 5.41) is 6.37. The van der Waals surface area contributed by atoms with Gasteiger partial charge in [0, 0.05) is 27.5 Å². The highest BCUT2D eigenvalue weighted by Gasteiger charge is 2.15. The minimum absolute atomic E-state index is 0.0376. The van der Waals surface area contributed by atoms with Crippen LogP contribution >= 0.6 is 15.9 Å². The van der Waals surface area contributed by atoms with Crippen molar-refractivity contribution in [2.75, 3.05) is 0 Å². The average Bonchev–Trinajstić information content (AvgIpc) is 3.23. The van der Waals surface area contributed by atoms with Gasteiger partial charge in [0.25, 0.3) is 0 Å². The Labute approximate surface area is 149 Å². The fraction of sp³-hybridized carbons (Fsp3) is 0.0556. The van der Waals surface area contributed by atoms with Gasteiger partial charge in [-0.25, -0.2) is 0 Å². The van der Waals surface area contributed by atoms with E-state index >= 15 is 0 Å². The lowest BCUT2D eigenvalue weighted by molar-refractivity contribution is 0.287. The van der Waals surface area contributed by atoms with Gasteiger partial charge in [-0.3, -0.25) is 4.79 Å². The topological polar surface area (TPSA) is 69.6 Å². The van der Waals surface area contributed by atoms with Gasteiger partial charge in [0.2, 0.25) is 12.2 Å². The molecule has 0 aliphatic rings. The first-order valence-electron chi connectivity index (χ1n) is 7.58. The van der Waals surface area contributed by atoms with Gasteiger partial charge < -0.3 is 13.7 Å². The van der Waals surface area contributed by atoms with Crippen molar-refractivity contribution in [2.24, 2.45) is 0 Å². The van der Waals surface area contributed by atoms with Crippen molar-refractivity contribution >= 4 is 43.1 Å². The Kier molecular flexibility index (Phi) is 3.05. The third-order valence-electron chi connectivity index (χ3n) is 4.25. The summed E-state index contributed by atoms with van der Waals surface area (Å²) in [6, 6.07) is 11.3. The maximum Gasteiger partial charge on any atom is 0.213 e. The second-order valence-corrected chi connectivity index (χ2v) is 6.63. The predicted molar refractivity (Wildman–Crippen MR) is 96.2 cm³/mol. The van der Waals surface area contributed by atoms with Gasteiger partial charge in [0.05, 0.1) is 16.4 Å². The molecule has 3 aromatic heterocycles. The molecule has 0 saturated heterocycles. The van der Waals surface area contributed by atoms with Gasteiger partial charge in [-0.05, 0) is 30.3 Å². The molecule has 6 nitrogen and oxygen atoms in total. The van der Waals surface area contributed by atoms with E-state index < -0.39 is 0 Å². The predicted octanol–water partition coefficient (Wildman–Crippen LogP) is 3.77. The van der Waals surface area contributed by atoms with E-state index in [1.807, 2.05) is 34.9 Å². The Morgan fingerprint density at radius 1 is 1.12 bits per heavy atom. The van der Waals surface area contributed by atoms with Crippen LogP contribution in [0.25, 0.3) is 27.2 Å². The lowest BCUT2D eigenvalue weighted by Gasteiger charge is -2.06. The zero-order chi connectivity index (χ0) is 17.0. The largest absolute Gasteiger partial charge is 0.485 e. The van der Waals surface area contributed by atoms with Gasteiger partial charge in [0.1, 0.15) is 5.75 Å². The Bertz CT molecular complexity index is 1280. The summed E-state index contributed by atoms with van der Waals surface area (Å²) in [6.07, 6.45) is 3.07. The Balaban J connectivity index is 1.78. The smallest absolute Gasteiger partial charge is 0.213 e. The molecule has 25 heavy (non-hydrogen) atoms. The van der Waals surface area contributed by atoms with E-state index in [4.69, 9.17) is 9.26 Å². The fourth-order valence-electron chi connectivity index (χ4n) is 3.19. The lowest BCUT2D eigenvalue weighted by Crippen LogP contribution is -2.03. The third-order valence-corrected chi connectivity index (χ3v) is 4.74. The summed E-state index contributed by atoms with van der Waals surface area (Å²) in [4.78, 5) is 16.3. The minimum atomic E-state index is -0.0376. The first kappa shape index (κ1) is 14.4. The third kappa shape index (κ3) is 2.20. The van der Waals surface area contributed by atoms with E-state index in [0.717, 1.165) is 26.3 Å². The molecular weight excluding hydrogens is 386 g/mol. The molecule has 0 N–H and O–H groups in total. The molecule has 2 aromatic carbocycles. The minimum Gasteiger partial charge on any atom is -0.485 e. The van der Waals surface area contributed by atoms with Gasteiger partial charge in [-0.1, -0.05) is 21.1 Å². The number of halogens is 1. The number of pyridine rings is 1. The van der Waals surface area contributed by atoms with E-state index in [1.165, 1.54) is 6.39 Å². The number of rotatable bonds is 3. The van der Waals surface area contributed by atoms with Crippen LogP contribution < -0.4 is 10.2 Å². The molecule has 7 heteroatoms. The van der Waals surface area contributed by atoms with Crippen LogP contribution in [-0.2, 0) is 6.61 Å². The molecular formula is C18H10BrN3O3. The lowest BCUT2D eigenvalue weighted by atomic mass is 10.1. The van der Waals surface area contributed by atoms with Crippen LogP contribution in [0.3, 0.4) is 0 Å². The van der Waals surface area contributed by atoms with Crippen molar-refractivity contribution in [2.45, 2.75) is 6.61 Å².